The molecule has 0 nitrogen and oxygen atoms in total. The van der Waals surface area contributed by atoms with Crippen molar-refractivity contribution in [1.82, 2.24) is 0 Å². The van der Waals surface area contributed by atoms with E-state index in [4.69, 9.17) is 0 Å². The van der Waals surface area contributed by atoms with Crippen LogP contribution in [0.2, 0.25) is 13.6 Å². The van der Waals surface area contributed by atoms with Gasteiger partial charge in [-0.3, -0.25) is 0 Å². The minimum absolute atomic E-state index is 0.712. The Balaban J connectivity index is 0.000000561. The second-order valence-electron chi connectivity index (χ2n) is 3.22. The summed E-state index contributed by atoms with van der Waals surface area (Å²) in [5.74, 6) is 0. The molecule has 68 valence electrons. The Morgan fingerprint density at radius 2 is 1.92 bits per heavy atom. The van der Waals surface area contributed by atoms with Gasteiger partial charge in [0.15, 0.2) is 6.71 Å². The molecule has 1 aliphatic rings. The predicted molar refractivity (Wildman–Crippen MR) is 59.9 cm³/mol. The molecule has 0 unspecified atom stereocenters. The molecule has 0 radical (unpaired) electrons. The molecule has 0 aromatic carbocycles. The summed E-state index contributed by atoms with van der Waals surface area (Å²) in [5.41, 5.74) is 3.11. The monoisotopic (exact) mass is 164 g/mol. The van der Waals surface area contributed by atoms with E-state index < -0.39 is 0 Å². The van der Waals surface area contributed by atoms with Crippen molar-refractivity contribution in [2.24, 2.45) is 0 Å². The SMILES string of the molecule is CC.CCC1=CC(B(C)C)=CC1. The van der Waals surface area contributed by atoms with Gasteiger partial charge in [-0.15, -0.1) is 0 Å². The van der Waals surface area contributed by atoms with Crippen molar-refractivity contribution in [2.75, 3.05) is 0 Å². The molecule has 0 aliphatic heterocycles. The van der Waals surface area contributed by atoms with Gasteiger partial charge in [-0.05, 0) is 12.8 Å². The summed E-state index contributed by atoms with van der Waals surface area (Å²) >= 11 is 0. The highest BCUT2D eigenvalue weighted by molar-refractivity contribution is 6.65. The quantitative estimate of drug-likeness (QED) is 0.541. The summed E-state index contributed by atoms with van der Waals surface area (Å²) < 4.78 is 0. The van der Waals surface area contributed by atoms with Crippen LogP contribution in [0.15, 0.2) is 23.2 Å². The molecule has 0 aromatic heterocycles. The van der Waals surface area contributed by atoms with Gasteiger partial charge in [0.05, 0.1) is 0 Å². The Hall–Kier alpha value is -0.455. The van der Waals surface area contributed by atoms with Gasteiger partial charge in [0.2, 0.25) is 0 Å². The zero-order valence-corrected chi connectivity index (χ0v) is 9.15. The van der Waals surface area contributed by atoms with Crippen molar-refractivity contribution in [3.05, 3.63) is 23.2 Å². The molecular weight excluding hydrogens is 143 g/mol. The second-order valence-corrected chi connectivity index (χ2v) is 3.22. The maximum atomic E-state index is 2.35. The normalized spacial score (nSPS) is 14.4. The van der Waals surface area contributed by atoms with Crippen molar-refractivity contribution in [3.63, 3.8) is 0 Å². The first kappa shape index (κ1) is 11.5. The molecule has 0 bridgehead atoms. The van der Waals surface area contributed by atoms with Gasteiger partial charge in [0.1, 0.15) is 0 Å². The molecule has 0 fully saturated rings. The minimum Gasteiger partial charge on any atom is -0.0860 e. The van der Waals surface area contributed by atoms with E-state index in [9.17, 15) is 0 Å². The maximum absolute atomic E-state index is 2.35. The van der Waals surface area contributed by atoms with Crippen molar-refractivity contribution in [2.45, 2.75) is 47.3 Å². The van der Waals surface area contributed by atoms with Crippen LogP contribution in [-0.4, -0.2) is 6.71 Å². The zero-order valence-electron chi connectivity index (χ0n) is 9.15. The fourth-order valence-electron chi connectivity index (χ4n) is 1.25. The zero-order chi connectivity index (χ0) is 9.56. The molecule has 0 N–H and O–H groups in total. The standard InChI is InChI=1S/C9H15B.C2H6/c1-4-8-5-6-9(7-8)10(2)3;1-2/h6-7H,4-5H2,1-3H3;1-2H3. The smallest absolute Gasteiger partial charge is 0.0860 e. The van der Waals surface area contributed by atoms with Gasteiger partial charge in [0, 0.05) is 0 Å². The number of hydrogen-bond donors (Lipinski definition) is 0. The fraction of sp³-hybridized carbons (Fsp3) is 0.636. The molecule has 0 spiro atoms. The maximum Gasteiger partial charge on any atom is 0.169 e. The van der Waals surface area contributed by atoms with Crippen LogP contribution in [-0.2, 0) is 0 Å². The summed E-state index contributed by atoms with van der Waals surface area (Å²) in [4.78, 5) is 0. The first-order valence-corrected chi connectivity index (χ1v) is 5.13. The molecule has 0 saturated carbocycles. The average molecular weight is 164 g/mol. The average Bonchev–Trinajstić information content (AvgIpc) is 2.55. The molecule has 1 heteroatoms. The largest absolute Gasteiger partial charge is 0.169 e. The topological polar surface area (TPSA) is 0 Å². The van der Waals surface area contributed by atoms with E-state index in [1.54, 1.807) is 5.57 Å². The molecular formula is C11H21B. The van der Waals surface area contributed by atoms with Crippen molar-refractivity contribution < 1.29 is 0 Å². The van der Waals surface area contributed by atoms with Crippen molar-refractivity contribution in [1.29, 1.82) is 0 Å². The third-order valence-electron chi connectivity index (χ3n) is 2.09. The van der Waals surface area contributed by atoms with E-state index in [1.165, 1.54) is 18.3 Å². The second kappa shape index (κ2) is 6.10. The Bertz CT molecular complexity index is 175. The van der Waals surface area contributed by atoms with Crippen LogP contribution >= 0.6 is 0 Å². The van der Waals surface area contributed by atoms with Crippen molar-refractivity contribution in [3.8, 4) is 0 Å². The van der Waals surface area contributed by atoms with E-state index in [-0.39, 0.29) is 0 Å². The Morgan fingerprint density at radius 3 is 2.17 bits per heavy atom. The Morgan fingerprint density at radius 1 is 1.33 bits per heavy atom. The third kappa shape index (κ3) is 3.29. The van der Waals surface area contributed by atoms with E-state index in [1.807, 2.05) is 13.8 Å². The Kier molecular flexibility index (Phi) is 5.87. The van der Waals surface area contributed by atoms with Gasteiger partial charge in [-0.2, -0.15) is 0 Å². The van der Waals surface area contributed by atoms with Crippen LogP contribution in [0.25, 0.3) is 0 Å². The van der Waals surface area contributed by atoms with Crippen LogP contribution in [0.5, 0.6) is 0 Å². The molecule has 1 aliphatic carbocycles. The number of rotatable bonds is 2. The van der Waals surface area contributed by atoms with Crippen LogP contribution < -0.4 is 0 Å². The fourth-order valence-corrected chi connectivity index (χ4v) is 1.25. The first-order chi connectivity index (χ1) is 5.74. The van der Waals surface area contributed by atoms with Crippen molar-refractivity contribution >= 4 is 6.71 Å². The van der Waals surface area contributed by atoms with Gasteiger partial charge < -0.3 is 0 Å². The summed E-state index contributed by atoms with van der Waals surface area (Å²) in [7, 11) is 0. The van der Waals surface area contributed by atoms with Crippen LogP contribution in [0.3, 0.4) is 0 Å². The highest BCUT2D eigenvalue weighted by atomic mass is 14.0. The highest BCUT2D eigenvalue weighted by Crippen LogP contribution is 2.21. The van der Waals surface area contributed by atoms with Gasteiger partial charge in [-0.1, -0.05) is 57.6 Å². The predicted octanol–water partition coefficient (Wildman–Crippen LogP) is 3.97. The minimum atomic E-state index is 0.712. The molecule has 1 rings (SSSR count). The summed E-state index contributed by atoms with van der Waals surface area (Å²) in [6.07, 6.45) is 7.12. The van der Waals surface area contributed by atoms with E-state index in [0.29, 0.717) is 6.71 Å². The van der Waals surface area contributed by atoms with E-state index >= 15 is 0 Å². The molecule has 0 aromatic rings. The lowest BCUT2D eigenvalue weighted by molar-refractivity contribution is 1.05. The molecule has 0 saturated heterocycles. The summed E-state index contributed by atoms with van der Waals surface area (Å²) in [6, 6.07) is 0. The lowest BCUT2D eigenvalue weighted by Crippen LogP contribution is -2.01. The Labute approximate surface area is 77.8 Å². The summed E-state index contributed by atoms with van der Waals surface area (Å²) in [6.45, 7) is 11.4. The van der Waals surface area contributed by atoms with Crippen LogP contribution in [0.1, 0.15) is 33.6 Å². The first-order valence-electron chi connectivity index (χ1n) is 5.13. The molecule has 0 atom stereocenters. The molecule has 0 heterocycles. The third-order valence-corrected chi connectivity index (χ3v) is 2.09. The number of allylic oxidation sites excluding steroid dienone is 4. The van der Waals surface area contributed by atoms with Gasteiger partial charge in [0.25, 0.3) is 0 Å². The van der Waals surface area contributed by atoms with Gasteiger partial charge in [-0.25, -0.2) is 0 Å². The van der Waals surface area contributed by atoms with Crippen LogP contribution in [0, 0.1) is 0 Å². The molecule has 0 amide bonds. The van der Waals surface area contributed by atoms with E-state index in [0.717, 1.165) is 0 Å². The lowest BCUT2D eigenvalue weighted by Gasteiger charge is -1.96. The molecule has 12 heavy (non-hydrogen) atoms. The van der Waals surface area contributed by atoms with E-state index in [2.05, 4.69) is 32.7 Å². The van der Waals surface area contributed by atoms with Gasteiger partial charge >= 0.3 is 0 Å². The summed E-state index contributed by atoms with van der Waals surface area (Å²) in [5, 5.41) is 0. The highest BCUT2D eigenvalue weighted by Gasteiger charge is 2.09. The van der Waals surface area contributed by atoms with Crippen LogP contribution in [0.4, 0.5) is 0 Å². The number of hydrogen-bond acceptors (Lipinski definition) is 0. The lowest BCUT2D eigenvalue weighted by atomic mass is 9.49.